The highest BCUT2D eigenvalue weighted by Gasteiger charge is 2.25. The van der Waals surface area contributed by atoms with Gasteiger partial charge in [-0.15, -0.1) is 0 Å². The topological polar surface area (TPSA) is 82.6 Å². The number of hydrogen-bond donors (Lipinski definition) is 3. The summed E-state index contributed by atoms with van der Waals surface area (Å²) in [4.78, 5) is 29.1. The molecule has 0 saturated carbocycles. The van der Waals surface area contributed by atoms with Gasteiger partial charge in [0.05, 0.1) is 0 Å². The van der Waals surface area contributed by atoms with Crippen molar-refractivity contribution in [2.45, 2.75) is 26.4 Å². The van der Waals surface area contributed by atoms with Crippen LogP contribution >= 0.6 is 0 Å². The zero-order chi connectivity index (χ0) is 17.8. The van der Waals surface area contributed by atoms with Crippen LogP contribution < -0.4 is 16.0 Å². The SMILES string of the molecule is CCC1=NC(NC(=O)Nc2cccc(C)c2)C(=O)Nc2ccccc21. The zero-order valence-corrected chi connectivity index (χ0v) is 14.2. The van der Waals surface area contributed by atoms with Crippen LogP contribution in [0.4, 0.5) is 16.2 Å². The molecule has 6 heteroatoms. The third-order valence-corrected chi connectivity index (χ3v) is 3.91. The smallest absolute Gasteiger partial charge is 0.321 e. The second-order valence-electron chi connectivity index (χ2n) is 5.83. The van der Waals surface area contributed by atoms with Crippen LogP contribution in [0.15, 0.2) is 53.5 Å². The molecule has 1 aliphatic rings. The Kier molecular flexibility index (Phi) is 4.79. The van der Waals surface area contributed by atoms with E-state index in [1.165, 1.54) is 0 Å². The van der Waals surface area contributed by atoms with Crippen molar-refractivity contribution in [2.75, 3.05) is 10.6 Å². The van der Waals surface area contributed by atoms with E-state index in [-0.39, 0.29) is 5.91 Å². The standard InChI is InChI=1S/C19H20N4O2/c1-3-15-14-9-4-5-10-16(14)22-18(24)17(21-15)23-19(25)20-13-8-6-7-12(2)11-13/h4-11,17H,3H2,1-2H3,(H,22,24)(H2,20,23,25). The molecule has 3 N–H and O–H groups in total. The fourth-order valence-electron chi connectivity index (χ4n) is 2.72. The maximum Gasteiger partial charge on any atom is 0.321 e. The van der Waals surface area contributed by atoms with Gasteiger partial charge in [0.1, 0.15) is 0 Å². The Morgan fingerprint density at radius 1 is 1.20 bits per heavy atom. The number of amides is 3. The minimum Gasteiger partial charge on any atom is -0.322 e. The van der Waals surface area contributed by atoms with Gasteiger partial charge in [-0.3, -0.25) is 9.79 Å². The molecular formula is C19H20N4O2. The van der Waals surface area contributed by atoms with Crippen molar-refractivity contribution < 1.29 is 9.59 Å². The van der Waals surface area contributed by atoms with Crippen LogP contribution in [0.3, 0.4) is 0 Å². The second kappa shape index (κ2) is 7.17. The number of aliphatic imine (C=N–C) groups is 1. The Hall–Kier alpha value is -3.15. The van der Waals surface area contributed by atoms with Gasteiger partial charge in [-0.2, -0.15) is 0 Å². The number of urea groups is 1. The Morgan fingerprint density at radius 3 is 2.76 bits per heavy atom. The fourth-order valence-corrected chi connectivity index (χ4v) is 2.72. The first-order valence-corrected chi connectivity index (χ1v) is 8.18. The summed E-state index contributed by atoms with van der Waals surface area (Å²) in [5.41, 5.74) is 4.05. The van der Waals surface area contributed by atoms with E-state index in [0.29, 0.717) is 17.8 Å². The van der Waals surface area contributed by atoms with Crippen LogP contribution in [0.2, 0.25) is 0 Å². The quantitative estimate of drug-likeness (QED) is 0.804. The summed E-state index contributed by atoms with van der Waals surface area (Å²) in [5.74, 6) is -0.365. The van der Waals surface area contributed by atoms with Gasteiger partial charge in [-0.1, -0.05) is 37.3 Å². The molecule has 1 heterocycles. The van der Waals surface area contributed by atoms with Gasteiger partial charge >= 0.3 is 6.03 Å². The summed E-state index contributed by atoms with van der Waals surface area (Å²) < 4.78 is 0. The van der Waals surface area contributed by atoms with E-state index in [0.717, 1.165) is 16.8 Å². The first-order valence-electron chi connectivity index (χ1n) is 8.18. The van der Waals surface area contributed by atoms with Gasteiger partial charge in [-0.25, -0.2) is 4.79 Å². The number of nitrogens with zero attached hydrogens (tertiary/aromatic N) is 1. The molecule has 0 spiro atoms. The zero-order valence-electron chi connectivity index (χ0n) is 14.2. The lowest BCUT2D eigenvalue weighted by Gasteiger charge is -2.14. The third-order valence-electron chi connectivity index (χ3n) is 3.91. The van der Waals surface area contributed by atoms with Gasteiger partial charge in [-0.05, 0) is 37.1 Å². The van der Waals surface area contributed by atoms with Crippen molar-refractivity contribution >= 4 is 29.0 Å². The highest BCUT2D eigenvalue weighted by atomic mass is 16.2. The molecule has 0 aromatic heterocycles. The molecule has 3 amide bonds. The molecule has 25 heavy (non-hydrogen) atoms. The first kappa shape index (κ1) is 16.7. The number of nitrogens with one attached hydrogen (secondary N) is 3. The molecule has 0 fully saturated rings. The van der Waals surface area contributed by atoms with Crippen molar-refractivity contribution in [1.29, 1.82) is 0 Å². The van der Waals surface area contributed by atoms with Crippen LogP contribution in [0.1, 0.15) is 24.5 Å². The average molecular weight is 336 g/mol. The number of hydrogen-bond acceptors (Lipinski definition) is 3. The van der Waals surface area contributed by atoms with Gasteiger partial charge in [0, 0.05) is 22.6 Å². The lowest BCUT2D eigenvalue weighted by atomic mass is 10.1. The van der Waals surface area contributed by atoms with Crippen molar-refractivity contribution in [1.82, 2.24) is 5.32 Å². The number of aryl methyl sites for hydroxylation is 1. The van der Waals surface area contributed by atoms with Crippen LogP contribution in [-0.4, -0.2) is 23.8 Å². The molecule has 0 bridgehead atoms. The van der Waals surface area contributed by atoms with E-state index in [2.05, 4.69) is 20.9 Å². The number of benzodiazepines with no additional fused rings is 1. The summed E-state index contributed by atoms with van der Waals surface area (Å²) in [6.45, 7) is 3.91. The molecule has 2 aromatic rings. The van der Waals surface area contributed by atoms with Crippen molar-refractivity contribution in [3.8, 4) is 0 Å². The fraction of sp³-hybridized carbons (Fsp3) is 0.211. The number of rotatable bonds is 3. The molecule has 3 rings (SSSR count). The molecule has 1 aliphatic heterocycles. The lowest BCUT2D eigenvalue weighted by molar-refractivity contribution is -0.117. The minimum absolute atomic E-state index is 0.365. The third kappa shape index (κ3) is 3.85. The molecule has 128 valence electrons. The lowest BCUT2D eigenvalue weighted by Crippen LogP contribution is -2.44. The summed E-state index contributed by atoms with van der Waals surface area (Å²) in [5, 5.41) is 8.17. The minimum atomic E-state index is -0.979. The molecule has 0 saturated heterocycles. The van der Waals surface area contributed by atoms with E-state index < -0.39 is 12.2 Å². The van der Waals surface area contributed by atoms with Crippen molar-refractivity contribution in [3.05, 3.63) is 59.7 Å². The molecule has 2 aromatic carbocycles. The second-order valence-corrected chi connectivity index (χ2v) is 5.83. The van der Waals surface area contributed by atoms with Gasteiger partial charge in [0.15, 0.2) is 0 Å². The monoisotopic (exact) mass is 336 g/mol. The Balaban J connectivity index is 1.78. The number of anilines is 2. The van der Waals surface area contributed by atoms with Crippen LogP contribution in [0, 0.1) is 6.92 Å². The van der Waals surface area contributed by atoms with E-state index >= 15 is 0 Å². The van der Waals surface area contributed by atoms with E-state index in [1.807, 2.05) is 56.3 Å². The maximum absolute atomic E-state index is 12.4. The predicted molar refractivity (Wildman–Crippen MR) is 99.0 cm³/mol. The molecular weight excluding hydrogens is 316 g/mol. The van der Waals surface area contributed by atoms with E-state index in [1.54, 1.807) is 6.07 Å². The Morgan fingerprint density at radius 2 is 2.00 bits per heavy atom. The molecule has 6 nitrogen and oxygen atoms in total. The predicted octanol–water partition coefficient (Wildman–Crippen LogP) is 3.29. The van der Waals surface area contributed by atoms with Crippen LogP contribution in [0.5, 0.6) is 0 Å². The summed E-state index contributed by atoms with van der Waals surface area (Å²) >= 11 is 0. The Bertz CT molecular complexity index is 845. The summed E-state index contributed by atoms with van der Waals surface area (Å²) in [6.07, 6.45) is -0.323. The highest BCUT2D eigenvalue weighted by Crippen LogP contribution is 2.21. The van der Waals surface area contributed by atoms with Gasteiger partial charge in [0.2, 0.25) is 6.17 Å². The van der Waals surface area contributed by atoms with E-state index in [9.17, 15) is 9.59 Å². The number of carbonyl (C=O) groups is 2. The molecule has 0 aliphatic carbocycles. The van der Waals surface area contributed by atoms with Crippen molar-refractivity contribution in [2.24, 2.45) is 4.99 Å². The molecule has 1 atom stereocenters. The summed E-state index contributed by atoms with van der Waals surface area (Å²) in [6, 6.07) is 14.4. The normalized spacial score (nSPS) is 16.2. The number of benzene rings is 2. The van der Waals surface area contributed by atoms with Crippen LogP contribution in [0.25, 0.3) is 0 Å². The molecule has 0 radical (unpaired) electrons. The largest absolute Gasteiger partial charge is 0.322 e. The number of carbonyl (C=O) groups excluding carboxylic acids is 2. The summed E-state index contributed by atoms with van der Waals surface area (Å²) in [7, 11) is 0. The maximum atomic E-state index is 12.4. The van der Waals surface area contributed by atoms with E-state index in [4.69, 9.17) is 0 Å². The first-order chi connectivity index (χ1) is 12.1. The average Bonchev–Trinajstić information content (AvgIpc) is 2.71. The Labute approximate surface area is 146 Å². The van der Waals surface area contributed by atoms with Gasteiger partial charge in [0.25, 0.3) is 5.91 Å². The van der Waals surface area contributed by atoms with Crippen molar-refractivity contribution in [3.63, 3.8) is 0 Å². The molecule has 1 unspecified atom stereocenters. The number of para-hydroxylation sites is 1. The number of fused-ring (bicyclic) bond motifs is 1. The van der Waals surface area contributed by atoms with Gasteiger partial charge < -0.3 is 16.0 Å². The highest BCUT2D eigenvalue weighted by molar-refractivity contribution is 6.12. The van der Waals surface area contributed by atoms with Crippen LogP contribution in [-0.2, 0) is 4.79 Å².